The molecule has 0 saturated heterocycles. The molecule has 0 radical (unpaired) electrons. The Morgan fingerprint density at radius 2 is 2.14 bits per heavy atom. The van der Waals surface area contributed by atoms with E-state index >= 15 is 0 Å². The van der Waals surface area contributed by atoms with Crippen LogP contribution < -0.4 is 10.6 Å². The molecule has 0 atom stereocenters. The summed E-state index contributed by atoms with van der Waals surface area (Å²) in [4.78, 5) is 22.3. The standard InChI is InChI=1S/C14H17FN2O4/c15-12-4-3-10(7-11(12)13(18)19)17-14(20)16-5-6-21-8-9-1-2-9/h3-4,7,9H,1-2,5-6,8H2,(H,18,19)(H2,16,17,20). The monoisotopic (exact) mass is 296 g/mol. The number of carboxylic acids is 1. The lowest BCUT2D eigenvalue weighted by molar-refractivity contribution is 0.0692. The van der Waals surface area contributed by atoms with Crippen molar-refractivity contribution in [1.82, 2.24) is 5.32 Å². The summed E-state index contributed by atoms with van der Waals surface area (Å²) in [6.45, 7) is 1.50. The summed E-state index contributed by atoms with van der Waals surface area (Å²) in [7, 11) is 0. The number of ether oxygens (including phenoxy) is 1. The highest BCUT2D eigenvalue weighted by Crippen LogP contribution is 2.28. The molecule has 114 valence electrons. The summed E-state index contributed by atoms with van der Waals surface area (Å²) in [5.41, 5.74) is -0.272. The molecule has 0 unspecified atom stereocenters. The van der Waals surface area contributed by atoms with Gasteiger partial charge in [-0.25, -0.2) is 14.0 Å². The molecule has 1 aliphatic rings. The van der Waals surface area contributed by atoms with Crippen LogP contribution in [0.15, 0.2) is 18.2 Å². The van der Waals surface area contributed by atoms with Gasteiger partial charge in [0.05, 0.1) is 12.2 Å². The maximum Gasteiger partial charge on any atom is 0.338 e. The molecule has 7 heteroatoms. The average molecular weight is 296 g/mol. The fraction of sp³-hybridized carbons (Fsp3) is 0.429. The Hall–Kier alpha value is -2.15. The fourth-order valence-corrected chi connectivity index (χ4v) is 1.71. The minimum Gasteiger partial charge on any atom is -0.478 e. The molecule has 0 bridgehead atoms. The zero-order chi connectivity index (χ0) is 15.2. The number of urea groups is 1. The first-order valence-corrected chi connectivity index (χ1v) is 6.71. The Bertz CT molecular complexity index is 532. The molecule has 1 aliphatic carbocycles. The first-order chi connectivity index (χ1) is 10.1. The SMILES string of the molecule is O=C(NCCOCC1CC1)Nc1ccc(F)c(C(=O)O)c1. The van der Waals surface area contributed by atoms with E-state index in [1.165, 1.54) is 18.9 Å². The Morgan fingerprint density at radius 1 is 1.38 bits per heavy atom. The van der Waals surface area contributed by atoms with E-state index < -0.39 is 23.4 Å². The van der Waals surface area contributed by atoms with Gasteiger partial charge in [-0.2, -0.15) is 0 Å². The quantitative estimate of drug-likeness (QED) is 0.672. The van der Waals surface area contributed by atoms with Crippen LogP contribution in [-0.4, -0.2) is 36.9 Å². The summed E-state index contributed by atoms with van der Waals surface area (Å²) in [5.74, 6) is -1.56. The van der Waals surface area contributed by atoms with Crippen LogP contribution in [0.4, 0.5) is 14.9 Å². The second kappa shape index (κ2) is 7.03. The van der Waals surface area contributed by atoms with Gasteiger partial charge in [0.25, 0.3) is 0 Å². The molecule has 0 heterocycles. The van der Waals surface area contributed by atoms with Gasteiger partial charge in [0.1, 0.15) is 5.82 Å². The number of anilines is 1. The van der Waals surface area contributed by atoms with Crippen molar-refractivity contribution in [3.63, 3.8) is 0 Å². The number of hydrogen-bond donors (Lipinski definition) is 3. The molecule has 2 amide bonds. The topological polar surface area (TPSA) is 87.7 Å². The first kappa shape index (κ1) is 15.2. The van der Waals surface area contributed by atoms with Gasteiger partial charge in [-0.1, -0.05) is 0 Å². The lowest BCUT2D eigenvalue weighted by Crippen LogP contribution is -2.31. The Labute approximate surface area is 121 Å². The van der Waals surface area contributed by atoms with E-state index in [-0.39, 0.29) is 5.69 Å². The van der Waals surface area contributed by atoms with Crippen LogP contribution in [0.1, 0.15) is 23.2 Å². The third kappa shape index (κ3) is 5.03. The number of amides is 2. The summed E-state index contributed by atoms with van der Waals surface area (Å²) in [6, 6.07) is 2.87. The third-order valence-electron chi connectivity index (χ3n) is 3.04. The maximum absolute atomic E-state index is 13.2. The molecule has 21 heavy (non-hydrogen) atoms. The van der Waals surface area contributed by atoms with E-state index in [1.54, 1.807) is 0 Å². The molecule has 0 aromatic heterocycles. The summed E-state index contributed by atoms with van der Waals surface area (Å²) >= 11 is 0. The van der Waals surface area contributed by atoms with Crippen molar-refractivity contribution in [2.24, 2.45) is 5.92 Å². The van der Waals surface area contributed by atoms with Crippen LogP contribution in [0.25, 0.3) is 0 Å². The lowest BCUT2D eigenvalue weighted by atomic mass is 10.2. The molecule has 6 nitrogen and oxygen atoms in total. The largest absolute Gasteiger partial charge is 0.478 e. The molecule has 1 saturated carbocycles. The molecule has 2 rings (SSSR count). The normalized spacial score (nSPS) is 13.8. The number of rotatable bonds is 7. The van der Waals surface area contributed by atoms with Crippen molar-refractivity contribution < 1.29 is 23.8 Å². The maximum atomic E-state index is 13.2. The summed E-state index contributed by atoms with van der Waals surface area (Å²) in [6.07, 6.45) is 2.43. The Kier molecular flexibility index (Phi) is 5.10. The van der Waals surface area contributed by atoms with Gasteiger partial charge in [-0.3, -0.25) is 0 Å². The second-order valence-corrected chi connectivity index (χ2v) is 4.90. The zero-order valence-electron chi connectivity index (χ0n) is 11.4. The van der Waals surface area contributed by atoms with Crippen molar-refractivity contribution in [2.75, 3.05) is 25.1 Å². The zero-order valence-corrected chi connectivity index (χ0v) is 11.4. The number of halogens is 1. The smallest absolute Gasteiger partial charge is 0.338 e. The van der Waals surface area contributed by atoms with Crippen LogP contribution >= 0.6 is 0 Å². The molecule has 1 aromatic carbocycles. The van der Waals surface area contributed by atoms with E-state index in [4.69, 9.17) is 9.84 Å². The van der Waals surface area contributed by atoms with Crippen molar-refractivity contribution in [2.45, 2.75) is 12.8 Å². The molecular formula is C14H17FN2O4. The van der Waals surface area contributed by atoms with Gasteiger partial charge in [0.2, 0.25) is 0 Å². The fourth-order valence-electron chi connectivity index (χ4n) is 1.71. The molecule has 3 N–H and O–H groups in total. The van der Waals surface area contributed by atoms with Gasteiger partial charge >= 0.3 is 12.0 Å². The van der Waals surface area contributed by atoms with Crippen LogP contribution in [0.3, 0.4) is 0 Å². The molecular weight excluding hydrogens is 279 g/mol. The minimum atomic E-state index is -1.38. The number of carbonyl (C=O) groups is 2. The van der Waals surface area contributed by atoms with Gasteiger partial charge in [0.15, 0.2) is 0 Å². The van der Waals surface area contributed by atoms with Crippen LogP contribution in [-0.2, 0) is 4.74 Å². The average Bonchev–Trinajstić information content (AvgIpc) is 3.24. The van der Waals surface area contributed by atoms with Crippen LogP contribution in [0.5, 0.6) is 0 Å². The minimum absolute atomic E-state index is 0.213. The number of hydrogen-bond acceptors (Lipinski definition) is 3. The van der Waals surface area contributed by atoms with E-state index in [9.17, 15) is 14.0 Å². The van der Waals surface area contributed by atoms with Crippen molar-refractivity contribution in [1.29, 1.82) is 0 Å². The Morgan fingerprint density at radius 3 is 2.81 bits per heavy atom. The summed E-state index contributed by atoms with van der Waals surface area (Å²) in [5, 5.41) is 13.8. The van der Waals surface area contributed by atoms with Gasteiger partial charge in [0, 0.05) is 18.8 Å². The molecule has 0 aliphatic heterocycles. The van der Waals surface area contributed by atoms with E-state index in [0.29, 0.717) is 19.1 Å². The van der Waals surface area contributed by atoms with Crippen molar-refractivity contribution in [3.05, 3.63) is 29.6 Å². The van der Waals surface area contributed by atoms with E-state index in [1.807, 2.05) is 0 Å². The van der Waals surface area contributed by atoms with Gasteiger partial charge in [-0.05, 0) is 37.0 Å². The van der Waals surface area contributed by atoms with Gasteiger partial charge < -0.3 is 20.5 Å². The third-order valence-corrected chi connectivity index (χ3v) is 3.04. The lowest BCUT2D eigenvalue weighted by Gasteiger charge is -2.09. The molecule has 1 fully saturated rings. The molecule has 0 spiro atoms. The summed E-state index contributed by atoms with van der Waals surface area (Å²) < 4.78 is 18.5. The highest BCUT2D eigenvalue weighted by atomic mass is 19.1. The number of aromatic carboxylic acids is 1. The predicted octanol–water partition coefficient (Wildman–Crippen LogP) is 2.07. The van der Waals surface area contributed by atoms with Crippen molar-refractivity contribution >= 4 is 17.7 Å². The van der Waals surface area contributed by atoms with Crippen molar-refractivity contribution in [3.8, 4) is 0 Å². The highest BCUT2D eigenvalue weighted by Gasteiger charge is 2.20. The Balaban J connectivity index is 1.73. The van der Waals surface area contributed by atoms with E-state index in [0.717, 1.165) is 18.7 Å². The number of nitrogens with one attached hydrogen (secondary N) is 2. The van der Waals surface area contributed by atoms with Crippen LogP contribution in [0.2, 0.25) is 0 Å². The van der Waals surface area contributed by atoms with Crippen LogP contribution in [0, 0.1) is 11.7 Å². The number of benzene rings is 1. The highest BCUT2D eigenvalue weighted by molar-refractivity contribution is 5.93. The molecule has 1 aromatic rings. The number of carbonyl (C=O) groups excluding carboxylic acids is 1. The number of carboxylic acid groups (broad SMARTS) is 1. The first-order valence-electron chi connectivity index (χ1n) is 6.71. The van der Waals surface area contributed by atoms with E-state index in [2.05, 4.69) is 10.6 Å². The second-order valence-electron chi connectivity index (χ2n) is 4.90. The van der Waals surface area contributed by atoms with Gasteiger partial charge in [-0.15, -0.1) is 0 Å². The predicted molar refractivity (Wildman–Crippen MR) is 73.9 cm³/mol.